The predicted molar refractivity (Wildman–Crippen MR) is 95.2 cm³/mol. The Morgan fingerprint density at radius 1 is 0.909 bits per heavy atom. The van der Waals surface area contributed by atoms with Gasteiger partial charge in [-0.15, -0.1) is 0 Å². The Morgan fingerprint density at radius 2 is 1.41 bits per heavy atom. The van der Waals surface area contributed by atoms with E-state index in [1.54, 1.807) is 0 Å². The van der Waals surface area contributed by atoms with Gasteiger partial charge in [0, 0.05) is 5.57 Å². The molecule has 1 aromatic rings. The van der Waals surface area contributed by atoms with E-state index in [4.69, 9.17) is 0 Å². The van der Waals surface area contributed by atoms with Gasteiger partial charge in [0.05, 0.1) is 0 Å². The zero-order valence-corrected chi connectivity index (χ0v) is 14.8. The van der Waals surface area contributed by atoms with Gasteiger partial charge in [-0.25, -0.2) is 0 Å². The Hall–Kier alpha value is -1.63. The third-order valence-corrected chi connectivity index (χ3v) is 4.34. The second-order valence-corrected chi connectivity index (χ2v) is 8.45. The van der Waals surface area contributed by atoms with E-state index in [-0.39, 0.29) is 16.6 Å². The van der Waals surface area contributed by atoms with Gasteiger partial charge < -0.3 is 0 Å². The summed E-state index contributed by atoms with van der Waals surface area (Å²) in [6.45, 7) is 17.2. The first-order chi connectivity index (χ1) is 9.98. The summed E-state index contributed by atoms with van der Waals surface area (Å²) in [5.41, 5.74) is 5.60. The van der Waals surface area contributed by atoms with Crippen LogP contribution in [0.2, 0.25) is 0 Å². The summed E-state index contributed by atoms with van der Waals surface area (Å²) < 4.78 is 0. The highest BCUT2D eigenvalue weighted by Gasteiger charge is 2.23. The molecule has 0 spiro atoms. The van der Waals surface area contributed by atoms with E-state index >= 15 is 0 Å². The lowest BCUT2D eigenvalue weighted by Crippen LogP contribution is -2.16. The van der Waals surface area contributed by atoms with Crippen molar-refractivity contribution in [1.29, 1.82) is 0 Å². The molecule has 1 fully saturated rings. The van der Waals surface area contributed by atoms with Crippen molar-refractivity contribution in [2.24, 2.45) is 0 Å². The smallest absolute Gasteiger partial charge is 0.184 e. The molecule has 1 saturated carbocycles. The number of hydrogen-bond acceptors (Lipinski definition) is 1. The van der Waals surface area contributed by atoms with Crippen molar-refractivity contribution in [2.45, 2.75) is 65.2 Å². The molecule has 1 nitrogen and oxygen atoms in total. The zero-order valence-electron chi connectivity index (χ0n) is 14.8. The molecule has 0 N–H and O–H groups in total. The van der Waals surface area contributed by atoms with Crippen LogP contribution in [0.3, 0.4) is 0 Å². The number of carbonyl (C=O) groups is 1. The second kappa shape index (κ2) is 5.53. The molecule has 1 aromatic carbocycles. The fourth-order valence-electron chi connectivity index (χ4n) is 2.68. The quantitative estimate of drug-likeness (QED) is 0.618. The lowest BCUT2D eigenvalue weighted by Gasteiger charge is -2.26. The Bertz CT molecular complexity index is 613. The zero-order chi connectivity index (χ0) is 16.7. The van der Waals surface area contributed by atoms with Crippen LogP contribution in [-0.2, 0) is 15.6 Å². The highest BCUT2D eigenvalue weighted by molar-refractivity contribution is 6.12. The molecule has 0 atom stereocenters. The topological polar surface area (TPSA) is 17.1 Å². The monoisotopic (exact) mass is 296 g/mol. The molecule has 0 aliphatic heterocycles. The summed E-state index contributed by atoms with van der Waals surface area (Å²) in [6.07, 6.45) is 3.68. The number of carbonyl (C=O) groups excluding carboxylic acids is 1. The average Bonchev–Trinajstić information content (AvgIpc) is 2.68. The molecule has 1 aliphatic rings. The molecule has 118 valence electrons. The molecule has 1 aliphatic carbocycles. The first kappa shape index (κ1) is 16.7. The van der Waals surface area contributed by atoms with Crippen LogP contribution in [0.25, 0.3) is 6.08 Å². The van der Waals surface area contributed by atoms with E-state index in [2.05, 4.69) is 72.4 Å². The van der Waals surface area contributed by atoms with Crippen LogP contribution in [0.5, 0.6) is 0 Å². The van der Waals surface area contributed by atoms with Crippen LogP contribution in [-0.4, -0.2) is 5.78 Å². The van der Waals surface area contributed by atoms with E-state index in [9.17, 15) is 4.79 Å². The van der Waals surface area contributed by atoms with Crippen LogP contribution < -0.4 is 0 Å². The summed E-state index contributed by atoms with van der Waals surface area (Å²) in [5.74, 6) is 0.137. The number of allylic oxidation sites excluding steroid dienone is 2. The Morgan fingerprint density at radius 3 is 1.77 bits per heavy atom. The van der Waals surface area contributed by atoms with Crippen molar-refractivity contribution in [3.05, 3.63) is 52.6 Å². The fraction of sp³-hybridized carbons (Fsp3) is 0.476. The average molecular weight is 296 g/mol. The van der Waals surface area contributed by atoms with Crippen molar-refractivity contribution in [3.63, 3.8) is 0 Å². The summed E-state index contributed by atoms with van der Waals surface area (Å²) in [4.78, 5) is 12.1. The molecule has 0 aromatic heterocycles. The van der Waals surface area contributed by atoms with Gasteiger partial charge in [-0.1, -0.05) is 66.3 Å². The Kier molecular flexibility index (Phi) is 4.21. The minimum atomic E-state index is 0.0950. The van der Waals surface area contributed by atoms with E-state index in [1.165, 1.54) is 11.1 Å². The molecule has 0 amide bonds. The summed E-state index contributed by atoms with van der Waals surface area (Å²) >= 11 is 0. The molecular formula is C21H28O. The SMILES string of the molecule is C=C1CCC(=Cc2cc(C(C)(C)C)cc(C(C)(C)C)c2)C1=O. The first-order valence-electron chi connectivity index (χ1n) is 8.07. The molecule has 0 heterocycles. The van der Waals surface area contributed by atoms with Gasteiger partial charge in [0.2, 0.25) is 0 Å². The first-order valence-corrected chi connectivity index (χ1v) is 8.07. The van der Waals surface area contributed by atoms with Crippen molar-refractivity contribution < 1.29 is 4.79 Å². The molecule has 22 heavy (non-hydrogen) atoms. The van der Waals surface area contributed by atoms with Gasteiger partial charge in [-0.2, -0.15) is 0 Å². The van der Waals surface area contributed by atoms with Crippen LogP contribution in [0, 0.1) is 0 Å². The van der Waals surface area contributed by atoms with Crippen molar-refractivity contribution in [2.75, 3.05) is 0 Å². The highest BCUT2D eigenvalue weighted by Crippen LogP contribution is 2.32. The molecule has 1 heteroatoms. The Balaban J connectivity index is 2.54. The van der Waals surface area contributed by atoms with Crippen LogP contribution in [0.15, 0.2) is 35.9 Å². The normalized spacial score (nSPS) is 18.4. The fourth-order valence-corrected chi connectivity index (χ4v) is 2.68. The van der Waals surface area contributed by atoms with Crippen LogP contribution >= 0.6 is 0 Å². The Labute approximate surface area is 135 Å². The minimum absolute atomic E-state index is 0.0950. The number of benzene rings is 1. The third kappa shape index (κ3) is 3.58. The molecule has 2 rings (SSSR count). The van der Waals surface area contributed by atoms with Gasteiger partial charge >= 0.3 is 0 Å². The highest BCUT2D eigenvalue weighted by atomic mass is 16.1. The molecule has 0 unspecified atom stereocenters. The molecule has 0 saturated heterocycles. The van der Waals surface area contributed by atoms with Gasteiger partial charge in [-0.05, 0) is 52.0 Å². The lowest BCUT2D eigenvalue weighted by atomic mass is 9.79. The molecule has 0 radical (unpaired) electrons. The maximum absolute atomic E-state index is 12.1. The van der Waals surface area contributed by atoms with E-state index in [0.29, 0.717) is 0 Å². The summed E-state index contributed by atoms with van der Waals surface area (Å²) in [6, 6.07) is 6.74. The molecular weight excluding hydrogens is 268 g/mol. The van der Waals surface area contributed by atoms with Crippen molar-refractivity contribution in [1.82, 2.24) is 0 Å². The van der Waals surface area contributed by atoms with Gasteiger partial charge in [0.25, 0.3) is 0 Å². The van der Waals surface area contributed by atoms with E-state index in [0.717, 1.165) is 29.6 Å². The predicted octanol–water partition coefficient (Wildman–Crippen LogP) is 5.58. The number of hydrogen-bond donors (Lipinski definition) is 0. The summed E-state index contributed by atoms with van der Waals surface area (Å²) in [7, 11) is 0. The van der Waals surface area contributed by atoms with Crippen molar-refractivity contribution >= 4 is 11.9 Å². The number of Topliss-reactive ketones (excluding diaryl/α,β-unsaturated/α-hetero) is 1. The number of rotatable bonds is 1. The minimum Gasteiger partial charge on any atom is -0.289 e. The second-order valence-electron chi connectivity index (χ2n) is 8.45. The van der Waals surface area contributed by atoms with E-state index < -0.39 is 0 Å². The summed E-state index contributed by atoms with van der Waals surface area (Å²) in [5, 5.41) is 0. The standard InChI is InChI=1S/C21H28O/c1-14-8-9-16(19(14)22)10-15-11-17(20(2,3)4)13-18(12-15)21(5,6)7/h10-13H,1,8-9H2,2-7H3. The third-order valence-electron chi connectivity index (χ3n) is 4.34. The van der Waals surface area contributed by atoms with Gasteiger partial charge in [0.1, 0.15) is 0 Å². The number of ketones is 1. The molecule has 0 bridgehead atoms. The van der Waals surface area contributed by atoms with Gasteiger partial charge in [-0.3, -0.25) is 4.79 Å². The largest absolute Gasteiger partial charge is 0.289 e. The maximum atomic E-state index is 12.1. The van der Waals surface area contributed by atoms with Crippen LogP contribution in [0.1, 0.15) is 71.1 Å². The maximum Gasteiger partial charge on any atom is 0.184 e. The lowest BCUT2D eigenvalue weighted by molar-refractivity contribution is -0.111. The van der Waals surface area contributed by atoms with Gasteiger partial charge in [0.15, 0.2) is 5.78 Å². The van der Waals surface area contributed by atoms with Crippen LogP contribution in [0.4, 0.5) is 0 Å². The van der Waals surface area contributed by atoms with E-state index in [1.807, 2.05) is 0 Å². The van der Waals surface area contributed by atoms with Crippen molar-refractivity contribution in [3.8, 4) is 0 Å².